The van der Waals surface area contributed by atoms with E-state index in [1.54, 1.807) is 7.11 Å². The van der Waals surface area contributed by atoms with Crippen LogP contribution in [-0.4, -0.2) is 30.9 Å². The van der Waals surface area contributed by atoms with Crippen molar-refractivity contribution >= 4 is 16.9 Å². The Morgan fingerprint density at radius 1 is 0.824 bits per heavy atom. The second-order valence-electron chi connectivity index (χ2n) is 8.58. The highest BCUT2D eigenvalue weighted by atomic mass is 16.5. The molecule has 0 atom stereocenters. The molecule has 4 aromatic rings. The van der Waals surface area contributed by atoms with Crippen molar-refractivity contribution < 1.29 is 14.3 Å². The lowest BCUT2D eigenvalue weighted by Gasteiger charge is -2.08. The van der Waals surface area contributed by atoms with E-state index >= 15 is 0 Å². The lowest BCUT2D eigenvalue weighted by atomic mass is 10.0. The van der Waals surface area contributed by atoms with Crippen molar-refractivity contribution in [3.8, 4) is 5.69 Å². The third-order valence-corrected chi connectivity index (χ3v) is 6.21. The maximum atomic E-state index is 11.9. The van der Waals surface area contributed by atoms with E-state index in [1.165, 1.54) is 27.6 Å². The molecule has 3 aromatic carbocycles. The topological polar surface area (TPSA) is 40.5 Å². The van der Waals surface area contributed by atoms with Gasteiger partial charge < -0.3 is 14.0 Å². The van der Waals surface area contributed by atoms with E-state index < -0.39 is 0 Å². The summed E-state index contributed by atoms with van der Waals surface area (Å²) in [4.78, 5) is 11.9. The number of esters is 1. The summed E-state index contributed by atoms with van der Waals surface area (Å²) in [7, 11) is 1.73. The van der Waals surface area contributed by atoms with Crippen LogP contribution >= 0.6 is 0 Å². The van der Waals surface area contributed by atoms with Crippen molar-refractivity contribution in [2.45, 2.75) is 39.0 Å². The van der Waals surface area contributed by atoms with Crippen LogP contribution in [0.15, 0.2) is 79.0 Å². The number of carbonyl (C=O) groups excluding carboxylic acids is 1. The number of nitrogens with zero attached hydrogens (tertiary/aromatic N) is 1. The molecule has 0 bridgehead atoms. The molecule has 0 aliphatic rings. The largest absolute Gasteiger partial charge is 0.466 e. The molecule has 0 amide bonds. The maximum absolute atomic E-state index is 11.9. The summed E-state index contributed by atoms with van der Waals surface area (Å²) < 4.78 is 12.6. The lowest BCUT2D eigenvalue weighted by molar-refractivity contribution is -0.143. The zero-order chi connectivity index (χ0) is 23.8. The highest BCUT2D eigenvalue weighted by molar-refractivity contribution is 5.86. The fourth-order valence-electron chi connectivity index (χ4n) is 4.36. The molecule has 0 N–H and O–H groups in total. The van der Waals surface area contributed by atoms with Gasteiger partial charge in [-0.2, -0.15) is 0 Å². The van der Waals surface area contributed by atoms with E-state index in [9.17, 15) is 4.79 Å². The number of ether oxygens (including phenoxy) is 2. The Bertz CT molecular complexity index is 1210. The molecular weight excluding hydrogens is 422 g/mol. The third kappa shape index (κ3) is 5.95. The van der Waals surface area contributed by atoms with Gasteiger partial charge in [0.25, 0.3) is 0 Å². The lowest BCUT2D eigenvalue weighted by Crippen LogP contribution is -2.05. The van der Waals surface area contributed by atoms with Crippen molar-refractivity contribution in [3.63, 3.8) is 0 Å². The molecule has 176 valence electrons. The first-order chi connectivity index (χ1) is 16.7. The Hall–Kier alpha value is -3.37. The van der Waals surface area contributed by atoms with E-state index in [-0.39, 0.29) is 5.97 Å². The molecule has 0 saturated heterocycles. The number of aromatic nitrogens is 1. The second-order valence-corrected chi connectivity index (χ2v) is 8.58. The summed E-state index contributed by atoms with van der Waals surface area (Å²) in [5.74, 6) is -0.141. The predicted octanol–water partition coefficient (Wildman–Crippen LogP) is 6.10. The quantitative estimate of drug-likeness (QED) is 0.257. The highest BCUT2D eigenvalue weighted by Crippen LogP contribution is 2.28. The van der Waals surface area contributed by atoms with Crippen LogP contribution in [0.2, 0.25) is 0 Å². The Kier molecular flexibility index (Phi) is 8.16. The molecule has 4 nitrogen and oxygen atoms in total. The van der Waals surface area contributed by atoms with Gasteiger partial charge in [-0.25, -0.2) is 0 Å². The summed E-state index contributed by atoms with van der Waals surface area (Å²) in [5, 5.41) is 1.25. The fourth-order valence-corrected chi connectivity index (χ4v) is 4.36. The first kappa shape index (κ1) is 23.8. The number of rotatable bonds is 11. The molecule has 0 radical (unpaired) electrons. The van der Waals surface area contributed by atoms with E-state index in [1.807, 2.05) is 6.92 Å². The SMILES string of the molecule is CCOC(=O)CCc1ccc2c(c1)c(CCc1ccccc1)cn2-c1ccc(CCOC)cc1. The van der Waals surface area contributed by atoms with Gasteiger partial charge in [0.2, 0.25) is 0 Å². The van der Waals surface area contributed by atoms with Crippen molar-refractivity contribution in [1.82, 2.24) is 4.57 Å². The highest BCUT2D eigenvalue weighted by Gasteiger charge is 2.12. The average molecular weight is 456 g/mol. The van der Waals surface area contributed by atoms with Crippen molar-refractivity contribution in [2.75, 3.05) is 20.3 Å². The molecule has 34 heavy (non-hydrogen) atoms. The zero-order valence-electron chi connectivity index (χ0n) is 20.1. The normalized spacial score (nSPS) is 11.1. The van der Waals surface area contributed by atoms with Crippen LogP contribution in [0.4, 0.5) is 0 Å². The average Bonchev–Trinajstić information content (AvgIpc) is 3.24. The predicted molar refractivity (Wildman–Crippen MR) is 138 cm³/mol. The Morgan fingerprint density at radius 3 is 2.29 bits per heavy atom. The molecule has 0 aliphatic heterocycles. The summed E-state index contributed by atoms with van der Waals surface area (Å²) in [6, 6.07) is 25.9. The first-order valence-electron chi connectivity index (χ1n) is 12.1. The second kappa shape index (κ2) is 11.7. The van der Waals surface area contributed by atoms with Gasteiger partial charge in [0.1, 0.15) is 0 Å². The van der Waals surface area contributed by atoms with Crippen LogP contribution in [0.3, 0.4) is 0 Å². The molecular formula is C30H33NO3. The molecule has 0 spiro atoms. The van der Waals surface area contributed by atoms with E-state index in [0.717, 1.165) is 37.1 Å². The van der Waals surface area contributed by atoms with Crippen LogP contribution in [0.25, 0.3) is 16.6 Å². The van der Waals surface area contributed by atoms with Gasteiger partial charge in [0.15, 0.2) is 0 Å². The van der Waals surface area contributed by atoms with Crippen molar-refractivity contribution in [2.24, 2.45) is 0 Å². The Labute approximate surface area is 202 Å². The summed E-state index contributed by atoms with van der Waals surface area (Å²) in [6.45, 7) is 2.99. The number of hydrogen-bond acceptors (Lipinski definition) is 3. The Morgan fingerprint density at radius 2 is 1.56 bits per heavy atom. The Balaban J connectivity index is 1.64. The molecule has 0 unspecified atom stereocenters. The van der Waals surface area contributed by atoms with Crippen LogP contribution < -0.4 is 0 Å². The standard InChI is InChI=1S/C30H33NO3/c1-3-34-30(32)18-13-25-12-17-29-28(21-25)26(14-9-23-7-5-4-6-8-23)22-31(29)27-15-10-24(11-16-27)19-20-33-2/h4-8,10-12,15-17,21-22H,3,9,13-14,18-20H2,1-2H3. The first-order valence-corrected chi connectivity index (χ1v) is 12.1. The molecule has 0 saturated carbocycles. The smallest absolute Gasteiger partial charge is 0.306 e. The monoisotopic (exact) mass is 455 g/mol. The minimum atomic E-state index is -0.141. The van der Waals surface area contributed by atoms with Crippen molar-refractivity contribution in [3.05, 3.63) is 101 Å². The van der Waals surface area contributed by atoms with Crippen LogP contribution in [0.1, 0.15) is 35.6 Å². The van der Waals surface area contributed by atoms with Gasteiger partial charge in [-0.15, -0.1) is 0 Å². The van der Waals surface area contributed by atoms with E-state index in [2.05, 4.69) is 83.6 Å². The van der Waals surface area contributed by atoms with Crippen LogP contribution in [0.5, 0.6) is 0 Å². The number of hydrogen-bond donors (Lipinski definition) is 0. The van der Waals surface area contributed by atoms with Gasteiger partial charge in [0.05, 0.1) is 18.7 Å². The number of benzene rings is 3. The van der Waals surface area contributed by atoms with E-state index in [4.69, 9.17) is 9.47 Å². The molecule has 4 heteroatoms. The van der Waals surface area contributed by atoms with Crippen molar-refractivity contribution in [1.29, 1.82) is 0 Å². The van der Waals surface area contributed by atoms with Crippen LogP contribution in [-0.2, 0) is 40.0 Å². The number of fused-ring (bicyclic) bond motifs is 1. The maximum Gasteiger partial charge on any atom is 0.306 e. The summed E-state index contributed by atoms with van der Waals surface area (Å²) in [5.41, 5.74) is 7.43. The molecule has 1 heterocycles. The number of aryl methyl sites for hydroxylation is 3. The van der Waals surface area contributed by atoms with E-state index in [0.29, 0.717) is 19.4 Å². The van der Waals surface area contributed by atoms with Gasteiger partial charge in [0, 0.05) is 30.8 Å². The summed E-state index contributed by atoms with van der Waals surface area (Å²) in [6.07, 6.45) is 6.22. The summed E-state index contributed by atoms with van der Waals surface area (Å²) >= 11 is 0. The minimum Gasteiger partial charge on any atom is -0.466 e. The molecule has 0 aliphatic carbocycles. The van der Waals surface area contributed by atoms with Gasteiger partial charge in [-0.05, 0) is 79.1 Å². The molecule has 1 aromatic heterocycles. The van der Waals surface area contributed by atoms with Gasteiger partial charge in [-0.1, -0.05) is 48.5 Å². The molecule has 4 rings (SSSR count). The van der Waals surface area contributed by atoms with Crippen LogP contribution in [0, 0.1) is 0 Å². The fraction of sp³-hybridized carbons (Fsp3) is 0.300. The number of methoxy groups -OCH3 is 1. The van der Waals surface area contributed by atoms with Gasteiger partial charge in [-0.3, -0.25) is 4.79 Å². The molecule has 0 fully saturated rings. The number of carbonyl (C=O) groups is 1. The minimum absolute atomic E-state index is 0.141. The third-order valence-electron chi connectivity index (χ3n) is 6.21. The zero-order valence-corrected chi connectivity index (χ0v) is 20.1. The van der Waals surface area contributed by atoms with Gasteiger partial charge >= 0.3 is 5.97 Å².